The number of nitrogens with one attached hydrogen (secondary N) is 1. The maximum absolute atomic E-state index is 3.24. The van der Waals surface area contributed by atoms with Crippen molar-refractivity contribution in [2.45, 2.75) is 33.1 Å². The Morgan fingerprint density at radius 1 is 1.22 bits per heavy atom. The molecule has 100 valence electrons. The van der Waals surface area contributed by atoms with Gasteiger partial charge in [-0.2, -0.15) is 0 Å². The molecule has 0 aromatic heterocycles. The number of hydrogen-bond acceptors (Lipinski definition) is 2. The van der Waals surface area contributed by atoms with Gasteiger partial charge in [-0.15, -0.1) is 0 Å². The number of aryl methyl sites for hydroxylation is 2. The summed E-state index contributed by atoms with van der Waals surface area (Å²) in [5.74, 6) is 0.888. The number of benzene rings is 1. The molecule has 2 nitrogen and oxygen atoms in total. The van der Waals surface area contributed by atoms with Crippen LogP contribution in [0.25, 0.3) is 0 Å². The smallest absolute Gasteiger partial charge is 0.0371 e. The van der Waals surface area contributed by atoms with Crippen molar-refractivity contribution in [2.24, 2.45) is 5.92 Å². The molecule has 0 aliphatic carbocycles. The van der Waals surface area contributed by atoms with Crippen LogP contribution in [0.4, 0.5) is 5.69 Å². The van der Waals surface area contributed by atoms with E-state index in [9.17, 15) is 0 Å². The summed E-state index contributed by atoms with van der Waals surface area (Å²) < 4.78 is 0. The minimum Gasteiger partial charge on any atom is -0.371 e. The van der Waals surface area contributed by atoms with Crippen molar-refractivity contribution < 1.29 is 0 Å². The zero-order chi connectivity index (χ0) is 13.0. The van der Waals surface area contributed by atoms with Gasteiger partial charge >= 0.3 is 0 Å². The zero-order valence-electron chi connectivity index (χ0n) is 12.0. The van der Waals surface area contributed by atoms with Crippen LogP contribution in [-0.2, 0) is 0 Å². The summed E-state index contributed by atoms with van der Waals surface area (Å²) in [5, 5.41) is 3.24. The first-order valence-electron chi connectivity index (χ1n) is 7.17. The van der Waals surface area contributed by atoms with Gasteiger partial charge in [0.25, 0.3) is 0 Å². The summed E-state index contributed by atoms with van der Waals surface area (Å²) >= 11 is 0. The summed E-state index contributed by atoms with van der Waals surface area (Å²) in [7, 11) is 2.04. The van der Waals surface area contributed by atoms with Crippen molar-refractivity contribution in [1.82, 2.24) is 5.32 Å². The summed E-state index contributed by atoms with van der Waals surface area (Å²) in [5.41, 5.74) is 4.18. The molecule has 0 spiro atoms. The van der Waals surface area contributed by atoms with E-state index in [0.717, 1.165) is 12.5 Å². The van der Waals surface area contributed by atoms with E-state index in [1.54, 1.807) is 0 Å². The fourth-order valence-corrected chi connectivity index (χ4v) is 3.00. The van der Waals surface area contributed by atoms with Gasteiger partial charge in [0.2, 0.25) is 0 Å². The quantitative estimate of drug-likeness (QED) is 0.803. The maximum atomic E-state index is 3.24. The van der Waals surface area contributed by atoms with Gasteiger partial charge in [0.15, 0.2) is 0 Å². The Morgan fingerprint density at radius 2 is 1.94 bits per heavy atom. The molecule has 2 rings (SSSR count). The molecule has 1 saturated heterocycles. The predicted octanol–water partition coefficient (Wildman–Crippen LogP) is 3.13. The van der Waals surface area contributed by atoms with E-state index < -0.39 is 0 Å². The lowest BCUT2D eigenvalue weighted by atomic mass is 10.0. The third kappa shape index (κ3) is 3.49. The topological polar surface area (TPSA) is 15.3 Å². The third-order valence-electron chi connectivity index (χ3n) is 3.90. The molecule has 2 heteroatoms. The molecular formula is C16H26N2. The molecule has 1 N–H and O–H groups in total. The van der Waals surface area contributed by atoms with Crippen LogP contribution in [0.15, 0.2) is 18.2 Å². The van der Waals surface area contributed by atoms with Crippen molar-refractivity contribution >= 4 is 5.69 Å². The second kappa shape index (κ2) is 6.24. The first-order valence-corrected chi connectivity index (χ1v) is 7.17. The Bertz CT molecular complexity index is 366. The van der Waals surface area contributed by atoms with Crippen LogP contribution in [0.3, 0.4) is 0 Å². The molecule has 1 aromatic rings. The van der Waals surface area contributed by atoms with Crippen molar-refractivity contribution in [3.63, 3.8) is 0 Å². The van der Waals surface area contributed by atoms with Gasteiger partial charge in [0, 0.05) is 18.8 Å². The number of nitrogens with zero attached hydrogens (tertiary/aromatic N) is 1. The van der Waals surface area contributed by atoms with Crippen LogP contribution < -0.4 is 10.2 Å². The molecule has 0 bridgehead atoms. The lowest BCUT2D eigenvalue weighted by molar-refractivity contribution is 0.506. The Balaban J connectivity index is 1.91. The summed E-state index contributed by atoms with van der Waals surface area (Å²) in [4.78, 5) is 2.56. The SMILES string of the molecule is CNCCCC1CCN(c2cc(C)cc(C)c2)C1. The molecular weight excluding hydrogens is 220 g/mol. The van der Waals surface area contributed by atoms with E-state index in [4.69, 9.17) is 0 Å². The fraction of sp³-hybridized carbons (Fsp3) is 0.625. The minimum atomic E-state index is 0.888. The maximum Gasteiger partial charge on any atom is 0.0371 e. The first-order chi connectivity index (χ1) is 8.69. The Labute approximate surface area is 111 Å². The van der Waals surface area contributed by atoms with Gasteiger partial charge in [-0.25, -0.2) is 0 Å². The highest BCUT2D eigenvalue weighted by Gasteiger charge is 2.22. The van der Waals surface area contributed by atoms with Crippen molar-refractivity contribution in [2.75, 3.05) is 31.6 Å². The summed E-state index contributed by atoms with van der Waals surface area (Å²) in [6, 6.07) is 6.90. The minimum absolute atomic E-state index is 0.888. The Morgan fingerprint density at radius 3 is 2.61 bits per heavy atom. The normalized spacial score (nSPS) is 19.5. The molecule has 1 atom stereocenters. The van der Waals surface area contributed by atoms with Crippen LogP contribution in [0, 0.1) is 19.8 Å². The lowest BCUT2D eigenvalue weighted by Gasteiger charge is -2.20. The van der Waals surface area contributed by atoms with Gasteiger partial charge < -0.3 is 10.2 Å². The van der Waals surface area contributed by atoms with Crippen LogP contribution in [-0.4, -0.2) is 26.7 Å². The average molecular weight is 246 g/mol. The van der Waals surface area contributed by atoms with Crippen molar-refractivity contribution in [1.29, 1.82) is 0 Å². The van der Waals surface area contributed by atoms with Crippen molar-refractivity contribution in [3.8, 4) is 0 Å². The molecule has 1 unspecified atom stereocenters. The largest absolute Gasteiger partial charge is 0.371 e. The van der Waals surface area contributed by atoms with Crippen LogP contribution >= 0.6 is 0 Å². The van der Waals surface area contributed by atoms with Gasteiger partial charge in [-0.3, -0.25) is 0 Å². The molecule has 1 fully saturated rings. The molecule has 1 aliphatic rings. The van der Waals surface area contributed by atoms with Crippen LogP contribution in [0.5, 0.6) is 0 Å². The highest BCUT2D eigenvalue weighted by Crippen LogP contribution is 2.27. The Hall–Kier alpha value is -1.02. The van der Waals surface area contributed by atoms with E-state index >= 15 is 0 Å². The van der Waals surface area contributed by atoms with E-state index in [-0.39, 0.29) is 0 Å². The van der Waals surface area contributed by atoms with Crippen molar-refractivity contribution in [3.05, 3.63) is 29.3 Å². The first kappa shape index (κ1) is 13.4. The molecule has 0 amide bonds. The van der Waals surface area contributed by atoms with Crippen LogP contribution in [0.1, 0.15) is 30.4 Å². The number of hydrogen-bond donors (Lipinski definition) is 1. The van der Waals surface area contributed by atoms with Gasteiger partial charge in [-0.1, -0.05) is 6.07 Å². The van der Waals surface area contributed by atoms with E-state index in [0.29, 0.717) is 0 Å². The molecule has 18 heavy (non-hydrogen) atoms. The van der Waals surface area contributed by atoms with Gasteiger partial charge in [0.05, 0.1) is 0 Å². The van der Waals surface area contributed by atoms with E-state index in [1.165, 1.54) is 49.2 Å². The monoisotopic (exact) mass is 246 g/mol. The molecule has 0 radical (unpaired) electrons. The molecule has 0 saturated carbocycles. The van der Waals surface area contributed by atoms with Crippen LogP contribution in [0.2, 0.25) is 0 Å². The van der Waals surface area contributed by atoms with E-state index in [1.807, 2.05) is 7.05 Å². The zero-order valence-corrected chi connectivity index (χ0v) is 12.0. The average Bonchev–Trinajstić information content (AvgIpc) is 2.77. The number of anilines is 1. The lowest BCUT2D eigenvalue weighted by Crippen LogP contribution is -2.20. The second-order valence-electron chi connectivity index (χ2n) is 5.69. The fourth-order valence-electron chi connectivity index (χ4n) is 3.00. The summed E-state index contributed by atoms with van der Waals surface area (Å²) in [6.45, 7) is 8.01. The predicted molar refractivity (Wildman–Crippen MR) is 79.4 cm³/mol. The summed E-state index contributed by atoms with van der Waals surface area (Å²) in [6.07, 6.45) is 4.03. The molecule has 1 heterocycles. The van der Waals surface area contributed by atoms with Gasteiger partial charge in [-0.05, 0) is 75.9 Å². The van der Waals surface area contributed by atoms with Gasteiger partial charge in [0.1, 0.15) is 0 Å². The number of rotatable bonds is 5. The Kier molecular flexibility index (Phi) is 4.65. The third-order valence-corrected chi connectivity index (χ3v) is 3.90. The standard InChI is InChI=1S/C16H26N2/c1-13-9-14(2)11-16(10-13)18-8-6-15(12-18)5-4-7-17-3/h9-11,15,17H,4-8,12H2,1-3H3. The molecule has 1 aliphatic heterocycles. The highest BCUT2D eigenvalue weighted by molar-refractivity contribution is 5.51. The highest BCUT2D eigenvalue weighted by atomic mass is 15.1. The van der Waals surface area contributed by atoms with E-state index in [2.05, 4.69) is 42.3 Å². The molecule has 1 aromatic carbocycles. The second-order valence-corrected chi connectivity index (χ2v) is 5.69.